The zero-order valence-corrected chi connectivity index (χ0v) is 13.7. The van der Waals surface area contributed by atoms with Crippen molar-refractivity contribution in [2.45, 2.75) is 38.3 Å². The van der Waals surface area contributed by atoms with Gasteiger partial charge in [0.1, 0.15) is 5.76 Å². The first-order valence-electron chi connectivity index (χ1n) is 7.39. The molecule has 1 aromatic rings. The van der Waals surface area contributed by atoms with Crippen LogP contribution in [-0.2, 0) is 16.4 Å². The number of piperidine rings is 1. The van der Waals surface area contributed by atoms with E-state index in [-0.39, 0.29) is 18.1 Å². The Morgan fingerprint density at radius 3 is 2.68 bits per heavy atom. The second kappa shape index (κ2) is 7.15. The molecule has 7 nitrogen and oxygen atoms in total. The molecule has 124 valence electrons. The van der Waals surface area contributed by atoms with Crippen LogP contribution in [0.3, 0.4) is 0 Å². The van der Waals surface area contributed by atoms with E-state index in [2.05, 4.69) is 10.6 Å². The van der Waals surface area contributed by atoms with Crippen molar-refractivity contribution in [2.75, 3.05) is 19.3 Å². The standard InChI is InChI=1S/C14H23N3O4S/c1-11(10-13-4-3-9-21-13)15-14(18)16-12-5-7-17(8-6-12)22(2,19)20/h3-4,9,11-12H,5-8,10H2,1-2H3,(H2,15,16,18)/t11-/m0/s1. The maximum atomic E-state index is 11.9. The third-order valence-corrected chi connectivity index (χ3v) is 5.03. The van der Waals surface area contributed by atoms with Crippen LogP contribution < -0.4 is 10.6 Å². The average Bonchev–Trinajstić information content (AvgIpc) is 2.90. The quantitative estimate of drug-likeness (QED) is 0.841. The fraction of sp³-hybridized carbons (Fsp3) is 0.643. The SMILES string of the molecule is C[C@@H](Cc1ccco1)NC(=O)NC1CCN(S(C)(=O)=O)CC1. The predicted octanol–water partition coefficient (Wildman–Crippen LogP) is 0.934. The molecule has 0 aromatic carbocycles. The van der Waals surface area contributed by atoms with Crippen molar-refractivity contribution in [1.29, 1.82) is 0 Å². The molecule has 0 aliphatic carbocycles. The second-order valence-corrected chi connectivity index (χ2v) is 7.72. The summed E-state index contributed by atoms with van der Waals surface area (Å²) in [6.45, 7) is 2.81. The number of hydrogen-bond donors (Lipinski definition) is 2. The van der Waals surface area contributed by atoms with Crippen molar-refractivity contribution in [3.8, 4) is 0 Å². The average molecular weight is 329 g/mol. The van der Waals surface area contributed by atoms with Crippen molar-refractivity contribution in [1.82, 2.24) is 14.9 Å². The normalized spacial score (nSPS) is 18.8. The van der Waals surface area contributed by atoms with Gasteiger partial charge in [0, 0.05) is 31.6 Å². The van der Waals surface area contributed by atoms with Gasteiger partial charge >= 0.3 is 6.03 Å². The minimum Gasteiger partial charge on any atom is -0.469 e. The van der Waals surface area contributed by atoms with E-state index in [9.17, 15) is 13.2 Å². The number of rotatable bonds is 5. The molecule has 22 heavy (non-hydrogen) atoms. The fourth-order valence-corrected chi connectivity index (χ4v) is 3.44. The molecule has 2 heterocycles. The fourth-order valence-electron chi connectivity index (χ4n) is 2.56. The van der Waals surface area contributed by atoms with Crippen molar-refractivity contribution in [3.63, 3.8) is 0 Å². The van der Waals surface area contributed by atoms with Crippen LogP contribution in [-0.4, -0.2) is 50.2 Å². The van der Waals surface area contributed by atoms with E-state index >= 15 is 0 Å². The molecular weight excluding hydrogens is 306 g/mol. The van der Waals surface area contributed by atoms with Crippen LogP contribution in [0.4, 0.5) is 4.79 Å². The van der Waals surface area contributed by atoms with Crippen molar-refractivity contribution in [2.24, 2.45) is 0 Å². The summed E-state index contributed by atoms with van der Waals surface area (Å²) < 4.78 is 29.6. The number of sulfonamides is 1. The van der Waals surface area contributed by atoms with Gasteiger partial charge in [0.2, 0.25) is 10.0 Å². The summed E-state index contributed by atoms with van der Waals surface area (Å²) in [6, 6.07) is 3.43. The van der Waals surface area contributed by atoms with E-state index in [0.717, 1.165) is 5.76 Å². The number of carbonyl (C=O) groups is 1. The molecule has 0 spiro atoms. The molecule has 0 bridgehead atoms. The van der Waals surface area contributed by atoms with Gasteiger partial charge in [0.15, 0.2) is 0 Å². The van der Waals surface area contributed by atoms with Gasteiger partial charge in [-0.25, -0.2) is 17.5 Å². The van der Waals surface area contributed by atoms with Gasteiger partial charge in [0.25, 0.3) is 0 Å². The van der Waals surface area contributed by atoms with Gasteiger partial charge in [-0.1, -0.05) is 0 Å². The molecule has 0 saturated carbocycles. The molecule has 1 fully saturated rings. The lowest BCUT2D eigenvalue weighted by atomic mass is 10.1. The maximum absolute atomic E-state index is 11.9. The van der Waals surface area contributed by atoms with E-state index < -0.39 is 10.0 Å². The first-order valence-corrected chi connectivity index (χ1v) is 9.24. The van der Waals surface area contributed by atoms with Crippen LogP contribution in [0.25, 0.3) is 0 Å². The Labute approximate surface area is 131 Å². The molecule has 1 aliphatic heterocycles. The monoisotopic (exact) mass is 329 g/mol. The molecule has 1 atom stereocenters. The molecule has 0 unspecified atom stereocenters. The Morgan fingerprint density at radius 2 is 2.14 bits per heavy atom. The Bertz CT molecular complexity index is 577. The molecule has 1 saturated heterocycles. The summed E-state index contributed by atoms with van der Waals surface area (Å²) in [6.07, 6.45) is 4.72. The number of furan rings is 1. The Morgan fingerprint density at radius 1 is 1.45 bits per heavy atom. The minimum atomic E-state index is -3.13. The topological polar surface area (TPSA) is 91.7 Å². The Kier molecular flexibility index (Phi) is 5.47. The molecule has 0 radical (unpaired) electrons. The lowest BCUT2D eigenvalue weighted by molar-refractivity contribution is 0.224. The number of nitrogens with zero attached hydrogens (tertiary/aromatic N) is 1. The number of urea groups is 1. The highest BCUT2D eigenvalue weighted by molar-refractivity contribution is 7.88. The largest absolute Gasteiger partial charge is 0.469 e. The van der Waals surface area contributed by atoms with Crippen LogP contribution in [0.5, 0.6) is 0 Å². The van der Waals surface area contributed by atoms with Gasteiger partial charge in [-0.2, -0.15) is 0 Å². The summed E-state index contributed by atoms with van der Waals surface area (Å²) in [5.74, 6) is 0.828. The highest BCUT2D eigenvalue weighted by atomic mass is 32.2. The lowest BCUT2D eigenvalue weighted by Gasteiger charge is -2.30. The lowest BCUT2D eigenvalue weighted by Crippen LogP contribution is -2.50. The minimum absolute atomic E-state index is 0.00816. The van der Waals surface area contributed by atoms with Gasteiger partial charge in [-0.3, -0.25) is 0 Å². The van der Waals surface area contributed by atoms with Crippen LogP contribution in [0.2, 0.25) is 0 Å². The molecule has 2 amide bonds. The van der Waals surface area contributed by atoms with Crippen LogP contribution in [0.1, 0.15) is 25.5 Å². The zero-order chi connectivity index (χ0) is 16.2. The predicted molar refractivity (Wildman–Crippen MR) is 83.0 cm³/mol. The molecular formula is C14H23N3O4S. The molecule has 8 heteroatoms. The summed E-state index contributed by atoms with van der Waals surface area (Å²) in [5, 5.41) is 5.76. The van der Waals surface area contributed by atoms with E-state index in [1.807, 2.05) is 19.1 Å². The van der Waals surface area contributed by atoms with E-state index in [1.54, 1.807) is 6.26 Å². The third-order valence-electron chi connectivity index (χ3n) is 3.72. The molecule has 2 N–H and O–H groups in total. The number of hydrogen-bond acceptors (Lipinski definition) is 4. The summed E-state index contributed by atoms with van der Waals surface area (Å²) in [4.78, 5) is 11.9. The number of carbonyl (C=O) groups excluding carboxylic acids is 1. The number of amides is 2. The van der Waals surface area contributed by atoms with E-state index in [0.29, 0.717) is 32.4 Å². The van der Waals surface area contributed by atoms with Crippen LogP contribution in [0.15, 0.2) is 22.8 Å². The van der Waals surface area contributed by atoms with Crippen molar-refractivity contribution < 1.29 is 17.6 Å². The smallest absolute Gasteiger partial charge is 0.315 e. The van der Waals surface area contributed by atoms with Gasteiger partial charge in [-0.05, 0) is 31.9 Å². The Balaban J connectivity index is 1.72. The zero-order valence-electron chi connectivity index (χ0n) is 12.9. The Hall–Kier alpha value is -1.54. The first kappa shape index (κ1) is 16.8. The highest BCUT2D eigenvalue weighted by Gasteiger charge is 2.25. The van der Waals surface area contributed by atoms with E-state index in [1.165, 1.54) is 10.6 Å². The molecule has 1 aromatic heterocycles. The number of nitrogens with one attached hydrogen (secondary N) is 2. The summed E-state index contributed by atoms with van der Waals surface area (Å²) in [7, 11) is -3.13. The second-order valence-electron chi connectivity index (χ2n) is 5.74. The van der Waals surface area contributed by atoms with Crippen molar-refractivity contribution >= 4 is 16.1 Å². The van der Waals surface area contributed by atoms with Crippen LogP contribution >= 0.6 is 0 Å². The molecule has 2 rings (SSSR count). The van der Waals surface area contributed by atoms with E-state index in [4.69, 9.17) is 4.42 Å². The summed E-state index contributed by atoms with van der Waals surface area (Å²) >= 11 is 0. The van der Waals surface area contributed by atoms with Gasteiger partial charge in [-0.15, -0.1) is 0 Å². The first-order chi connectivity index (χ1) is 10.3. The third kappa shape index (κ3) is 5.03. The maximum Gasteiger partial charge on any atom is 0.315 e. The van der Waals surface area contributed by atoms with Gasteiger partial charge < -0.3 is 15.1 Å². The van der Waals surface area contributed by atoms with Gasteiger partial charge in [0.05, 0.1) is 12.5 Å². The molecule has 1 aliphatic rings. The van der Waals surface area contributed by atoms with Crippen LogP contribution in [0, 0.1) is 0 Å². The van der Waals surface area contributed by atoms with Crippen molar-refractivity contribution in [3.05, 3.63) is 24.2 Å². The highest BCUT2D eigenvalue weighted by Crippen LogP contribution is 2.13. The summed E-state index contributed by atoms with van der Waals surface area (Å²) in [5.41, 5.74) is 0.